The lowest BCUT2D eigenvalue weighted by Gasteiger charge is -2.19. The van der Waals surface area contributed by atoms with Crippen LogP contribution < -0.4 is 4.90 Å². The molecule has 0 unspecified atom stereocenters. The summed E-state index contributed by atoms with van der Waals surface area (Å²) in [6.07, 6.45) is 0. The fourth-order valence-corrected chi connectivity index (χ4v) is 4.11. The molecule has 2 aromatic carbocycles. The quantitative estimate of drug-likeness (QED) is 0.535. The number of nitrogens with one attached hydrogen (secondary N) is 1. The topological polar surface area (TPSA) is 60.2 Å². The minimum atomic E-state index is 0.121. The van der Waals surface area contributed by atoms with Crippen molar-refractivity contribution in [3.05, 3.63) is 74.2 Å². The summed E-state index contributed by atoms with van der Waals surface area (Å²) >= 11 is 13.5. The van der Waals surface area contributed by atoms with Gasteiger partial charge in [0.1, 0.15) is 16.6 Å². The highest BCUT2D eigenvalue weighted by Crippen LogP contribution is 2.36. The Bertz CT molecular complexity index is 1070. The highest BCUT2D eigenvalue weighted by Gasteiger charge is 2.31. The molecule has 136 valence electrons. The molecule has 1 aliphatic heterocycles. The molecule has 2 heterocycles. The Kier molecular flexibility index (Phi) is 4.68. The Morgan fingerprint density at radius 2 is 1.85 bits per heavy atom. The summed E-state index contributed by atoms with van der Waals surface area (Å²) in [5.41, 5.74) is 4.17. The van der Waals surface area contributed by atoms with Crippen molar-refractivity contribution in [1.82, 2.24) is 4.98 Å². The van der Waals surface area contributed by atoms with Crippen LogP contribution in [0.2, 0.25) is 10.0 Å². The molecule has 2 N–H and O–H groups in total. The highest BCUT2D eigenvalue weighted by molar-refractivity contribution is 7.11. The van der Waals surface area contributed by atoms with Crippen LogP contribution in [0.4, 0.5) is 5.69 Å². The number of benzene rings is 2. The van der Waals surface area contributed by atoms with E-state index < -0.39 is 0 Å². The molecular formula is C20H15Cl2N3OS. The summed E-state index contributed by atoms with van der Waals surface area (Å²) < 4.78 is 0. The lowest BCUT2D eigenvalue weighted by Crippen LogP contribution is -2.25. The number of halogens is 2. The SMILES string of the molecule is Cc1ccc(-c2csc(C3=C(O)CN(c4ccc(Cl)c(Cl)c4)C3=N)n2)cc1. The van der Waals surface area contributed by atoms with Crippen molar-refractivity contribution < 1.29 is 5.11 Å². The van der Waals surface area contributed by atoms with E-state index in [0.717, 1.165) is 11.3 Å². The van der Waals surface area contributed by atoms with Gasteiger partial charge in [-0.25, -0.2) is 4.98 Å². The van der Waals surface area contributed by atoms with E-state index in [1.54, 1.807) is 23.1 Å². The predicted octanol–water partition coefficient (Wildman–Crippen LogP) is 6.19. The first-order chi connectivity index (χ1) is 12.9. The highest BCUT2D eigenvalue weighted by atomic mass is 35.5. The van der Waals surface area contributed by atoms with Crippen LogP contribution in [0.1, 0.15) is 10.6 Å². The van der Waals surface area contributed by atoms with Crippen molar-refractivity contribution >= 4 is 51.6 Å². The van der Waals surface area contributed by atoms with Gasteiger partial charge in [-0.15, -0.1) is 11.3 Å². The molecule has 4 nitrogen and oxygen atoms in total. The number of aryl methyl sites for hydroxylation is 1. The van der Waals surface area contributed by atoms with Crippen LogP contribution in [0, 0.1) is 12.3 Å². The van der Waals surface area contributed by atoms with Crippen molar-refractivity contribution in [2.24, 2.45) is 0 Å². The van der Waals surface area contributed by atoms with E-state index >= 15 is 0 Å². The van der Waals surface area contributed by atoms with E-state index in [1.165, 1.54) is 16.9 Å². The second-order valence-corrected chi connectivity index (χ2v) is 7.93. The second-order valence-electron chi connectivity index (χ2n) is 6.26. The van der Waals surface area contributed by atoms with Crippen molar-refractivity contribution in [3.8, 4) is 11.3 Å². The summed E-state index contributed by atoms with van der Waals surface area (Å²) in [5.74, 6) is 0.312. The molecule has 7 heteroatoms. The van der Waals surface area contributed by atoms with Crippen LogP contribution in [0.15, 0.2) is 53.6 Å². The number of aromatic nitrogens is 1. The Labute approximate surface area is 170 Å². The molecule has 0 spiro atoms. The maximum atomic E-state index is 10.5. The third-order valence-corrected chi connectivity index (χ3v) is 5.98. The number of amidine groups is 1. The van der Waals surface area contributed by atoms with Crippen molar-refractivity contribution in [2.45, 2.75) is 6.92 Å². The molecule has 0 aliphatic carbocycles. The molecule has 0 saturated carbocycles. The maximum Gasteiger partial charge on any atom is 0.139 e. The molecule has 1 aliphatic rings. The van der Waals surface area contributed by atoms with Crippen LogP contribution in [-0.2, 0) is 0 Å². The van der Waals surface area contributed by atoms with Gasteiger partial charge in [0.25, 0.3) is 0 Å². The minimum Gasteiger partial charge on any atom is -0.510 e. The van der Waals surface area contributed by atoms with E-state index in [0.29, 0.717) is 26.3 Å². The first kappa shape index (κ1) is 18.0. The molecule has 0 fully saturated rings. The summed E-state index contributed by atoms with van der Waals surface area (Å²) in [7, 11) is 0. The molecule has 0 saturated heterocycles. The zero-order valence-corrected chi connectivity index (χ0v) is 16.7. The van der Waals surface area contributed by atoms with Crippen LogP contribution in [0.3, 0.4) is 0 Å². The summed E-state index contributed by atoms with van der Waals surface area (Å²) in [6, 6.07) is 13.3. The largest absolute Gasteiger partial charge is 0.510 e. The van der Waals surface area contributed by atoms with Gasteiger partial charge in [0.15, 0.2) is 0 Å². The van der Waals surface area contributed by atoms with Crippen molar-refractivity contribution in [1.29, 1.82) is 5.41 Å². The number of aliphatic hydroxyl groups excluding tert-OH is 1. The molecule has 0 bridgehead atoms. The fourth-order valence-electron chi connectivity index (χ4n) is 2.92. The number of aliphatic hydroxyl groups is 1. The van der Waals surface area contributed by atoms with Crippen LogP contribution in [0.25, 0.3) is 16.8 Å². The number of thiazole rings is 1. The van der Waals surface area contributed by atoms with Gasteiger partial charge in [-0.3, -0.25) is 5.41 Å². The van der Waals surface area contributed by atoms with Crippen molar-refractivity contribution in [2.75, 3.05) is 11.4 Å². The minimum absolute atomic E-state index is 0.121. The Morgan fingerprint density at radius 1 is 1.11 bits per heavy atom. The van der Waals surface area contributed by atoms with Crippen LogP contribution >= 0.6 is 34.5 Å². The predicted molar refractivity (Wildman–Crippen MR) is 113 cm³/mol. The molecule has 1 aromatic heterocycles. The van der Waals surface area contributed by atoms with E-state index in [2.05, 4.69) is 4.98 Å². The van der Waals surface area contributed by atoms with E-state index in [1.807, 2.05) is 36.6 Å². The van der Waals surface area contributed by atoms with Gasteiger partial charge in [0.2, 0.25) is 0 Å². The average molecular weight is 416 g/mol. The number of nitrogens with zero attached hydrogens (tertiary/aromatic N) is 2. The van der Waals surface area contributed by atoms with Gasteiger partial charge in [0, 0.05) is 16.6 Å². The number of anilines is 1. The van der Waals surface area contributed by atoms with E-state index in [-0.39, 0.29) is 18.1 Å². The van der Waals surface area contributed by atoms with Crippen molar-refractivity contribution in [3.63, 3.8) is 0 Å². The van der Waals surface area contributed by atoms with E-state index in [4.69, 9.17) is 28.6 Å². The Balaban J connectivity index is 1.64. The Hall–Kier alpha value is -2.34. The third kappa shape index (κ3) is 3.34. The zero-order valence-electron chi connectivity index (χ0n) is 14.3. The molecule has 4 rings (SSSR count). The molecule has 0 amide bonds. The standard InChI is InChI=1S/C20H15Cl2N3OS/c1-11-2-4-12(5-3-11)16-10-27-20(24-16)18-17(26)9-25(19(18)23)13-6-7-14(21)15(22)8-13/h2-8,10,23,26H,9H2,1H3. The third-order valence-electron chi connectivity index (χ3n) is 4.38. The molecule has 0 atom stereocenters. The summed E-state index contributed by atoms with van der Waals surface area (Å²) in [4.78, 5) is 6.32. The van der Waals surface area contributed by atoms with Gasteiger partial charge in [-0.2, -0.15) is 0 Å². The molecule has 3 aromatic rings. The first-order valence-electron chi connectivity index (χ1n) is 8.20. The monoisotopic (exact) mass is 415 g/mol. The van der Waals surface area contributed by atoms with E-state index in [9.17, 15) is 5.11 Å². The van der Waals surface area contributed by atoms with Gasteiger partial charge in [-0.1, -0.05) is 53.0 Å². The number of rotatable bonds is 3. The lowest BCUT2D eigenvalue weighted by molar-refractivity contribution is 0.411. The Morgan fingerprint density at radius 3 is 2.56 bits per heavy atom. The molecule has 0 radical (unpaired) electrons. The van der Waals surface area contributed by atoms with Gasteiger partial charge < -0.3 is 10.0 Å². The molecule has 27 heavy (non-hydrogen) atoms. The average Bonchev–Trinajstić information content (AvgIpc) is 3.22. The second kappa shape index (κ2) is 7.00. The van der Waals surface area contributed by atoms with Gasteiger partial charge in [0.05, 0.1) is 27.9 Å². The van der Waals surface area contributed by atoms with Crippen LogP contribution in [0.5, 0.6) is 0 Å². The summed E-state index contributed by atoms with van der Waals surface area (Å²) in [6.45, 7) is 2.24. The zero-order chi connectivity index (χ0) is 19.1. The first-order valence-corrected chi connectivity index (χ1v) is 9.84. The lowest BCUT2D eigenvalue weighted by atomic mass is 10.1. The summed E-state index contributed by atoms with van der Waals surface area (Å²) in [5, 5.41) is 22.4. The maximum absolute atomic E-state index is 10.5. The number of hydrogen-bond acceptors (Lipinski definition) is 4. The normalized spacial score (nSPS) is 14.3. The number of hydrogen-bond donors (Lipinski definition) is 2. The van der Waals surface area contributed by atoms with Gasteiger partial charge in [-0.05, 0) is 25.1 Å². The van der Waals surface area contributed by atoms with Gasteiger partial charge >= 0.3 is 0 Å². The molecular weight excluding hydrogens is 401 g/mol. The van der Waals surface area contributed by atoms with Crippen LogP contribution in [-0.4, -0.2) is 22.5 Å². The fraction of sp³-hybridized carbons (Fsp3) is 0.100. The smallest absolute Gasteiger partial charge is 0.139 e.